The summed E-state index contributed by atoms with van der Waals surface area (Å²) in [6.07, 6.45) is 0.535. The van der Waals surface area contributed by atoms with E-state index in [9.17, 15) is 47.9 Å². The van der Waals surface area contributed by atoms with E-state index in [0.29, 0.717) is 50.9 Å². The quantitative estimate of drug-likeness (QED) is 0.0799. The van der Waals surface area contributed by atoms with Crippen LogP contribution in [-0.2, 0) is 6.42 Å². The molecule has 17 aromatic carbocycles. The van der Waals surface area contributed by atoms with Crippen LogP contribution in [-0.4, -0.2) is 57.8 Å². The molecule has 0 amide bonds. The Morgan fingerprint density at radius 3 is 0.750 bits per heavy atom. The van der Waals surface area contributed by atoms with Crippen molar-refractivity contribution in [3.63, 3.8) is 0 Å². The third kappa shape index (κ3) is 28.8. The summed E-state index contributed by atoms with van der Waals surface area (Å²) in [5.41, 5.74) is 33.5. The summed E-state index contributed by atoms with van der Waals surface area (Å²) in [6.45, 7) is 33.3. The van der Waals surface area contributed by atoms with Gasteiger partial charge in [-0.3, -0.25) is 47.9 Å². The van der Waals surface area contributed by atoms with Crippen LogP contribution in [0.15, 0.2) is 394 Å². The zero-order valence-corrected chi connectivity index (χ0v) is 82.8. The summed E-state index contributed by atoms with van der Waals surface area (Å²) in [5.74, 6) is 0.650. The molecule has 0 aliphatic heterocycles. The number of aryl methyl sites for hydroxylation is 16. The maximum Gasteiger partial charge on any atom is 0.193 e. The standard InChI is InChI=1S/2C22H18O2.C16H14O.4C15H14O.C10H12O/c1-15-3-7-17(8-4-15)21(23)19-11-13-20(14-12-19)22(24)18-9-5-16(2)6-10-18;1-15-13-20(22(24)18-11-7-4-8-12-18)16(2)14-19(15)21(23)17-9-5-3-6-10-17;1-10-3-5-13-12(7-10)9-16(17)15-8-11(2)4-6-14(13)15;1-11-3-7-13(8-4-11)15(16)14-9-5-12(2)6-10-14;1-11-5-3-7-13(9-11)15(16)14-8-4-6-12(2)10-14;1-11-7-3-5-9-13(11)15(16)14-10-6-4-8-12(14)2;1-11-8-9-12(2)14(10-11)15(16)13-6-4-3-5-7-13;1-7-4-5-8(2)10(6-7)9(3)11/h2*3-14H,1-2H3;3-8H,9H2,1-2H3;4*3-10H,1-2H3;4-6H,1-3H3. The summed E-state index contributed by atoms with van der Waals surface area (Å²) in [5, 5.41) is 0. The Kier molecular flexibility index (Phi) is 37.0. The van der Waals surface area contributed by atoms with Crippen molar-refractivity contribution in [3.8, 4) is 11.1 Å². The van der Waals surface area contributed by atoms with Crippen molar-refractivity contribution in [2.75, 3.05) is 0 Å². The van der Waals surface area contributed by atoms with Gasteiger partial charge in [-0.2, -0.15) is 0 Å². The highest BCUT2D eigenvalue weighted by atomic mass is 16.2. The summed E-state index contributed by atoms with van der Waals surface area (Å²) < 4.78 is 0. The molecule has 0 radical (unpaired) electrons. The van der Waals surface area contributed by atoms with Crippen molar-refractivity contribution in [2.24, 2.45) is 0 Å². The zero-order chi connectivity index (χ0) is 101. The Morgan fingerprint density at radius 2 is 0.414 bits per heavy atom. The molecule has 140 heavy (non-hydrogen) atoms. The third-order valence-electron chi connectivity index (χ3n) is 24.0. The molecule has 0 atom stereocenters. The fourth-order valence-electron chi connectivity index (χ4n) is 15.8. The number of carbonyl (C=O) groups is 10. The fraction of sp³-hybridized carbons (Fsp3) is 0.138. The van der Waals surface area contributed by atoms with Crippen LogP contribution in [0.2, 0.25) is 0 Å². The van der Waals surface area contributed by atoms with Gasteiger partial charge in [0.15, 0.2) is 57.8 Å². The first kappa shape index (κ1) is 104. The number of hydrogen-bond donors (Lipinski definition) is 0. The van der Waals surface area contributed by atoms with E-state index in [0.717, 1.165) is 139 Å². The van der Waals surface area contributed by atoms with Crippen LogP contribution in [0.3, 0.4) is 0 Å². The third-order valence-corrected chi connectivity index (χ3v) is 24.0. The molecule has 0 aromatic heterocycles. The summed E-state index contributed by atoms with van der Waals surface area (Å²) in [7, 11) is 0. The maximum atomic E-state index is 12.7. The van der Waals surface area contributed by atoms with Gasteiger partial charge in [-0.15, -0.1) is 0 Å². The predicted octanol–water partition coefficient (Wildman–Crippen LogP) is 29.9. The van der Waals surface area contributed by atoms with Crippen molar-refractivity contribution >= 4 is 57.8 Å². The van der Waals surface area contributed by atoms with Gasteiger partial charge in [0.25, 0.3) is 0 Å². The Morgan fingerprint density at radius 1 is 0.164 bits per heavy atom. The van der Waals surface area contributed by atoms with Crippen molar-refractivity contribution in [1.82, 2.24) is 0 Å². The van der Waals surface area contributed by atoms with Crippen molar-refractivity contribution in [3.05, 3.63) is 589 Å². The number of Topliss-reactive ketones (excluding diaryl/α,β-unsaturated/α-hetero) is 2. The minimum absolute atomic E-state index is 0.0186. The lowest BCUT2D eigenvalue weighted by atomic mass is 9.83. The van der Waals surface area contributed by atoms with Gasteiger partial charge in [0.2, 0.25) is 0 Å². The number of rotatable bonds is 17. The molecule has 0 unspecified atom stereocenters. The van der Waals surface area contributed by atoms with E-state index in [4.69, 9.17) is 0 Å². The topological polar surface area (TPSA) is 171 Å². The Hall–Kier alpha value is -16.6. The first-order valence-corrected chi connectivity index (χ1v) is 46.7. The molecule has 0 N–H and O–H groups in total. The molecule has 0 saturated carbocycles. The average Bonchev–Trinajstić information content (AvgIpc) is 0.768. The van der Waals surface area contributed by atoms with Crippen LogP contribution in [0.1, 0.15) is 250 Å². The number of hydrogen-bond acceptors (Lipinski definition) is 10. The van der Waals surface area contributed by atoms with Crippen LogP contribution in [0.5, 0.6) is 0 Å². The first-order valence-electron chi connectivity index (χ1n) is 46.7. The minimum atomic E-state index is -0.0377. The fourth-order valence-corrected chi connectivity index (χ4v) is 15.8. The van der Waals surface area contributed by atoms with Crippen LogP contribution in [0.4, 0.5) is 0 Å². The molecule has 698 valence electrons. The molecule has 0 fully saturated rings. The minimum Gasteiger partial charge on any atom is -0.295 e. The monoisotopic (exact) mass is 1840 g/mol. The molecule has 1 aliphatic carbocycles. The summed E-state index contributed by atoms with van der Waals surface area (Å²) in [4.78, 5) is 122. The van der Waals surface area contributed by atoms with Gasteiger partial charge in [-0.25, -0.2) is 0 Å². The molecule has 0 saturated heterocycles. The van der Waals surface area contributed by atoms with E-state index in [1.54, 1.807) is 55.5 Å². The van der Waals surface area contributed by atoms with E-state index in [2.05, 4.69) is 37.3 Å². The molecule has 0 bridgehead atoms. The zero-order valence-electron chi connectivity index (χ0n) is 82.8. The number of carbonyl (C=O) groups excluding carboxylic acids is 10. The van der Waals surface area contributed by atoms with E-state index < -0.39 is 0 Å². The second-order valence-electron chi connectivity index (χ2n) is 35.6. The van der Waals surface area contributed by atoms with Crippen molar-refractivity contribution in [1.29, 1.82) is 0 Å². The molecular weight excluding hydrogens is 1720 g/mol. The number of ketones is 10. The molecular formula is C130H118O10. The van der Waals surface area contributed by atoms with Crippen molar-refractivity contribution in [2.45, 2.75) is 124 Å². The second kappa shape index (κ2) is 49.8. The second-order valence-corrected chi connectivity index (χ2v) is 35.6. The lowest BCUT2D eigenvalue weighted by Crippen LogP contribution is -2.12. The summed E-state index contributed by atoms with van der Waals surface area (Å²) in [6, 6.07) is 124. The highest BCUT2D eigenvalue weighted by molar-refractivity contribution is 6.16. The lowest BCUT2D eigenvalue weighted by molar-refractivity contribution is 0.0986. The Balaban J connectivity index is 0.000000155. The molecule has 10 heteroatoms. The van der Waals surface area contributed by atoms with Gasteiger partial charge in [0.1, 0.15) is 0 Å². The smallest absolute Gasteiger partial charge is 0.193 e. The molecule has 0 spiro atoms. The normalized spacial score (nSPS) is 10.6. The summed E-state index contributed by atoms with van der Waals surface area (Å²) >= 11 is 0. The van der Waals surface area contributed by atoms with Crippen LogP contribution in [0, 0.1) is 111 Å². The Labute approximate surface area is 824 Å². The van der Waals surface area contributed by atoms with Gasteiger partial charge in [-0.1, -0.05) is 407 Å². The van der Waals surface area contributed by atoms with Crippen LogP contribution in [0.25, 0.3) is 11.1 Å². The van der Waals surface area contributed by atoms with Gasteiger partial charge < -0.3 is 0 Å². The van der Waals surface area contributed by atoms with Gasteiger partial charge >= 0.3 is 0 Å². The van der Waals surface area contributed by atoms with Gasteiger partial charge in [0, 0.05) is 107 Å². The molecule has 18 rings (SSSR count). The van der Waals surface area contributed by atoms with Crippen LogP contribution >= 0.6 is 0 Å². The van der Waals surface area contributed by atoms with E-state index >= 15 is 0 Å². The lowest BCUT2D eigenvalue weighted by Gasteiger charge is -2.19. The largest absolute Gasteiger partial charge is 0.295 e. The molecule has 1 aliphatic rings. The SMILES string of the molecule is CC(=O)c1cc(C)ccc1C.Cc1cc(C(=O)c2ccccc2)c(C)cc1C(=O)c1ccccc1.Cc1ccc(C(=O)c2ccc(C(=O)c3ccc(C)cc3)cc2)cc1.Cc1ccc(C(=O)c2ccc(C)cc2)cc1.Cc1ccc(C)c(C(=O)c2ccccc2)c1.Cc1ccc2c(c1)CC(=O)c1cc(C)ccc1-2.Cc1cccc(C(=O)c2cccc(C)c2)c1.Cc1ccccc1C(=O)c1ccccc1C. The molecule has 0 heterocycles. The van der Waals surface area contributed by atoms with E-state index in [1.807, 2.05) is 419 Å². The average molecular weight is 1840 g/mol. The maximum absolute atomic E-state index is 12.7. The molecule has 17 aromatic rings. The first-order chi connectivity index (χ1) is 67.1. The van der Waals surface area contributed by atoms with Crippen molar-refractivity contribution < 1.29 is 47.9 Å². The van der Waals surface area contributed by atoms with Gasteiger partial charge in [0.05, 0.1) is 0 Å². The highest BCUT2D eigenvalue weighted by Crippen LogP contribution is 2.35. The Bertz CT molecular complexity index is 7030. The van der Waals surface area contributed by atoms with E-state index in [-0.39, 0.29) is 57.8 Å². The van der Waals surface area contributed by atoms with Gasteiger partial charge in [-0.05, 0) is 210 Å². The molecule has 10 nitrogen and oxygen atoms in total. The number of benzene rings is 17. The number of fused-ring (bicyclic) bond motifs is 3. The van der Waals surface area contributed by atoms with Crippen LogP contribution < -0.4 is 0 Å². The predicted molar refractivity (Wildman–Crippen MR) is 570 cm³/mol. The highest BCUT2D eigenvalue weighted by Gasteiger charge is 2.24. The van der Waals surface area contributed by atoms with E-state index in [1.165, 1.54) is 22.3 Å².